The van der Waals surface area contributed by atoms with Crippen molar-refractivity contribution in [1.29, 1.82) is 0 Å². The maximum atomic E-state index is 12.6. The van der Waals surface area contributed by atoms with Crippen molar-refractivity contribution in [3.63, 3.8) is 0 Å². The van der Waals surface area contributed by atoms with Crippen LogP contribution >= 0.6 is 11.8 Å². The molecule has 2 atom stereocenters. The topological polar surface area (TPSA) is 113 Å². The molecule has 0 spiro atoms. The van der Waals surface area contributed by atoms with Gasteiger partial charge < -0.3 is 20.3 Å². The molecule has 0 saturated heterocycles. The minimum Gasteiger partial charge on any atom is -0.504 e. The van der Waals surface area contributed by atoms with E-state index in [0.717, 1.165) is 31.2 Å². The van der Waals surface area contributed by atoms with Gasteiger partial charge in [-0.05, 0) is 30.5 Å². The van der Waals surface area contributed by atoms with Crippen LogP contribution in [-0.2, 0) is 20.8 Å². The van der Waals surface area contributed by atoms with E-state index in [4.69, 9.17) is 4.74 Å². The van der Waals surface area contributed by atoms with Crippen molar-refractivity contribution in [1.82, 2.24) is 5.32 Å². The third kappa shape index (κ3) is 10.0. The Balaban J connectivity index is 2.63. The fraction of sp³-hybridized carbons (Fsp3) is 0.591. The highest BCUT2D eigenvalue weighted by molar-refractivity contribution is 8.00. The van der Waals surface area contributed by atoms with Crippen LogP contribution in [0.1, 0.15) is 57.9 Å². The molecule has 0 bridgehead atoms. The molecule has 168 valence electrons. The van der Waals surface area contributed by atoms with Gasteiger partial charge in [0.15, 0.2) is 11.5 Å². The summed E-state index contributed by atoms with van der Waals surface area (Å²) in [7, 11) is 1.48. The van der Waals surface area contributed by atoms with E-state index in [2.05, 4.69) is 12.2 Å². The molecular formula is C22H33NO6S. The number of benzene rings is 1. The number of aromatic hydroxyl groups is 1. The molecule has 0 aliphatic carbocycles. The van der Waals surface area contributed by atoms with Crippen molar-refractivity contribution >= 4 is 29.4 Å². The standard InChI is InChI=1S/C22H33NO6S/c1-4-5-6-7-18(30-14-19(22(27)28)23-15(2)24)13-17(25)10-8-16-9-11-20(26)21(12-16)29-3/h9,11-12,18-19,26H,4-8,10,13-14H2,1-3H3,(H,23,24)(H,27,28)/t18?,19-/m0/s1. The summed E-state index contributed by atoms with van der Waals surface area (Å²) in [6, 6.07) is 4.08. The van der Waals surface area contributed by atoms with Gasteiger partial charge in [-0.3, -0.25) is 9.59 Å². The van der Waals surface area contributed by atoms with Crippen molar-refractivity contribution in [3.05, 3.63) is 23.8 Å². The minimum atomic E-state index is -1.07. The van der Waals surface area contributed by atoms with E-state index >= 15 is 0 Å². The van der Waals surface area contributed by atoms with E-state index in [-0.39, 0.29) is 28.4 Å². The maximum Gasteiger partial charge on any atom is 0.327 e. The molecule has 0 aromatic heterocycles. The molecule has 1 rings (SSSR count). The summed E-state index contributed by atoms with van der Waals surface area (Å²) in [6.07, 6.45) is 5.23. The Bertz CT molecular complexity index is 709. The van der Waals surface area contributed by atoms with Crippen molar-refractivity contribution < 1.29 is 29.3 Å². The van der Waals surface area contributed by atoms with E-state index in [0.29, 0.717) is 25.0 Å². The molecule has 30 heavy (non-hydrogen) atoms. The number of aliphatic carboxylic acids is 1. The third-order valence-electron chi connectivity index (χ3n) is 4.70. The Morgan fingerprint density at radius 3 is 2.57 bits per heavy atom. The van der Waals surface area contributed by atoms with Crippen LogP contribution in [0, 0.1) is 0 Å². The fourth-order valence-corrected chi connectivity index (χ4v) is 4.36. The van der Waals surface area contributed by atoms with Gasteiger partial charge in [-0.1, -0.05) is 32.3 Å². The van der Waals surface area contributed by atoms with Gasteiger partial charge >= 0.3 is 5.97 Å². The number of hydrogen-bond donors (Lipinski definition) is 3. The smallest absolute Gasteiger partial charge is 0.327 e. The largest absolute Gasteiger partial charge is 0.504 e. The number of unbranched alkanes of at least 4 members (excludes halogenated alkanes) is 2. The number of carboxylic acid groups (broad SMARTS) is 1. The van der Waals surface area contributed by atoms with Gasteiger partial charge in [0.25, 0.3) is 0 Å². The van der Waals surface area contributed by atoms with Crippen LogP contribution in [0.15, 0.2) is 18.2 Å². The predicted octanol–water partition coefficient (Wildman–Crippen LogP) is 3.56. The van der Waals surface area contributed by atoms with E-state index < -0.39 is 12.0 Å². The van der Waals surface area contributed by atoms with Gasteiger partial charge in [0.1, 0.15) is 11.8 Å². The summed E-state index contributed by atoms with van der Waals surface area (Å²) in [5, 5.41) is 21.4. The highest BCUT2D eigenvalue weighted by Gasteiger charge is 2.22. The number of Topliss-reactive ketones (excluding diaryl/α,β-unsaturated/α-hetero) is 1. The average Bonchev–Trinajstić information content (AvgIpc) is 2.69. The normalized spacial score (nSPS) is 12.8. The Morgan fingerprint density at radius 1 is 1.23 bits per heavy atom. The fourth-order valence-electron chi connectivity index (χ4n) is 3.04. The second-order valence-electron chi connectivity index (χ2n) is 7.29. The first-order valence-corrected chi connectivity index (χ1v) is 11.3. The van der Waals surface area contributed by atoms with Crippen LogP contribution < -0.4 is 10.1 Å². The highest BCUT2D eigenvalue weighted by atomic mass is 32.2. The SMILES string of the molecule is CCCCCC(CC(=O)CCc1ccc(O)c(OC)c1)SC[C@H](NC(C)=O)C(=O)O. The van der Waals surface area contributed by atoms with Crippen LogP contribution in [0.3, 0.4) is 0 Å². The Morgan fingerprint density at radius 2 is 1.97 bits per heavy atom. The molecule has 0 heterocycles. The molecule has 0 aliphatic heterocycles. The van der Waals surface area contributed by atoms with Crippen molar-refractivity contribution in [3.8, 4) is 11.5 Å². The first-order valence-electron chi connectivity index (χ1n) is 10.3. The van der Waals surface area contributed by atoms with Gasteiger partial charge in [0.2, 0.25) is 5.91 Å². The van der Waals surface area contributed by atoms with Crippen LogP contribution in [-0.4, -0.2) is 52.0 Å². The number of carbonyl (C=O) groups is 3. The van der Waals surface area contributed by atoms with Crippen LogP contribution in [0.4, 0.5) is 0 Å². The molecule has 0 saturated carbocycles. The van der Waals surface area contributed by atoms with E-state index in [1.54, 1.807) is 18.2 Å². The molecule has 8 heteroatoms. The Kier molecular flexibility index (Phi) is 12.0. The van der Waals surface area contributed by atoms with Crippen molar-refractivity contribution in [2.24, 2.45) is 0 Å². The monoisotopic (exact) mass is 439 g/mol. The number of rotatable bonds is 15. The molecule has 3 N–H and O–H groups in total. The summed E-state index contributed by atoms with van der Waals surface area (Å²) in [5.41, 5.74) is 0.907. The average molecular weight is 440 g/mol. The van der Waals surface area contributed by atoms with Crippen molar-refractivity contribution in [2.75, 3.05) is 12.9 Å². The van der Waals surface area contributed by atoms with Crippen LogP contribution in [0.25, 0.3) is 0 Å². The lowest BCUT2D eigenvalue weighted by Gasteiger charge is -2.19. The number of thioether (sulfide) groups is 1. The Hall–Kier alpha value is -2.22. The lowest BCUT2D eigenvalue weighted by atomic mass is 10.0. The number of amides is 1. The number of methoxy groups -OCH3 is 1. The molecule has 1 aromatic carbocycles. The van der Waals surface area contributed by atoms with Crippen molar-refractivity contribution in [2.45, 2.75) is 70.1 Å². The Labute approximate surface area is 182 Å². The molecule has 1 amide bonds. The molecule has 0 fully saturated rings. The minimum absolute atomic E-state index is 0.0222. The summed E-state index contributed by atoms with van der Waals surface area (Å²) >= 11 is 1.44. The van der Waals surface area contributed by atoms with Crippen LogP contribution in [0.2, 0.25) is 0 Å². The lowest BCUT2D eigenvalue weighted by molar-refractivity contribution is -0.140. The number of phenolic OH excluding ortho intramolecular Hbond substituents is 1. The predicted molar refractivity (Wildman–Crippen MR) is 118 cm³/mol. The molecule has 0 radical (unpaired) electrons. The van der Waals surface area contributed by atoms with Crippen LogP contribution in [0.5, 0.6) is 11.5 Å². The first-order chi connectivity index (χ1) is 14.3. The third-order valence-corrected chi connectivity index (χ3v) is 6.10. The summed E-state index contributed by atoms with van der Waals surface area (Å²) in [5.74, 6) is -0.669. The maximum absolute atomic E-state index is 12.6. The number of nitrogens with one attached hydrogen (secondary N) is 1. The number of carboxylic acids is 1. The lowest BCUT2D eigenvalue weighted by Crippen LogP contribution is -2.41. The number of phenols is 1. The zero-order valence-electron chi connectivity index (χ0n) is 18.0. The zero-order chi connectivity index (χ0) is 22.5. The van der Waals surface area contributed by atoms with E-state index in [1.165, 1.54) is 25.8 Å². The van der Waals surface area contributed by atoms with E-state index in [9.17, 15) is 24.6 Å². The number of hydrogen-bond acceptors (Lipinski definition) is 6. The summed E-state index contributed by atoms with van der Waals surface area (Å²) in [4.78, 5) is 35.1. The second kappa shape index (κ2) is 13.9. The molecule has 1 aromatic rings. The first kappa shape index (κ1) is 25.8. The number of ether oxygens (including phenoxy) is 1. The molecule has 7 nitrogen and oxygen atoms in total. The van der Waals surface area contributed by atoms with Gasteiger partial charge in [-0.25, -0.2) is 4.79 Å². The number of ketones is 1. The summed E-state index contributed by atoms with van der Waals surface area (Å²) in [6.45, 7) is 3.40. The molecular weight excluding hydrogens is 406 g/mol. The number of carbonyl (C=O) groups excluding carboxylic acids is 2. The van der Waals surface area contributed by atoms with Gasteiger partial charge in [-0.2, -0.15) is 11.8 Å². The highest BCUT2D eigenvalue weighted by Crippen LogP contribution is 2.27. The molecule has 1 unspecified atom stereocenters. The van der Waals surface area contributed by atoms with Gasteiger partial charge in [-0.15, -0.1) is 0 Å². The van der Waals surface area contributed by atoms with Gasteiger partial charge in [0.05, 0.1) is 7.11 Å². The molecule has 0 aliphatic rings. The van der Waals surface area contributed by atoms with Gasteiger partial charge in [0, 0.05) is 30.8 Å². The quantitative estimate of drug-likeness (QED) is 0.358. The summed E-state index contributed by atoms with van der Waals surface area (Å²) < 4.78 is 5.10. The zero-order valence-corrected chi connectivity index (χ0v) is 18.8. The second-order valence-corrected chi connectivity index (χ2v) is 8.62. The van der Waals surface area contributed by atoms with E-state index in [1.807, 2.05) is 0 Å². The number of aryl methyl sites for hydroxylation is 1.